The van der Waals surface area contributed by atoms with E-state index in [9.17, 15) is 9.59 Å². The molecule has 4 nitrogen and oxygen atoms in total. The minimum Gasteiger partial charge on any atom is -0.352 e. The van der Waals surface area contributed by atoms with Gasteiger partial charge in [0.25, 0.3) is 0 Å². The van der Waals surface area contributed by atoms with Crippen molar-refractivity contribution in [2.75, 3.05) is 13.1 Å². The highest BCUT2D eigenvalue weighted by molar-refractivity contribution is 6.34. The quantitative estimate of drug-likeness (QED) is 0.726. The third-order valence-electron chi connectivity index (χ3n) is 4.85. The number of hydrogen-bond acceptors (Lipinski definition) is 2. The molecule has 0 bridgehead atoms. The first-order valence-electron chi connectivity index (χ1n) is 9.26. The van der Waals surface area contributed by atoms with E-state index in [4.69, 9.17) is 23.2 Å². The molecule has 1 saturated heterocycles. The Hall–Kier alpha value is -2.30. The van der Waals surface area contributed by atoms with Crippen LogP contribution < -0.4 is 5.32 Å². The normalized spacial score (nSPS) is 15.0. The summed E-state index contributed by atoms with van der Waals surface area (Å²) in [5.74, 6) is -0.0875. The molecule has 0 spiro atoms. The number of carbonyl (C=O) groups is 2. The van der Waals surface area contributed by atoms with Gasteiger partial charge in [0.1, 0.15) is 0 Å². The standard InChI is InChI=1S/C22H22Cl2N2O2/c23-19-7-8-20(24)18(14-19)6-9-21(27)26-12-10-17(11-13-26)22(28)25-15-16-4-2-1-3-5-16/h1-9,14,17H,10-13,15H2,(H,25,28). The minimum absolute atomic E-state index is 0.0530. The summed E-state index contributed by atoms with van der Waals surface area (Å²) < 4.78 is 0. The number of nitrogens with one attached hydrogen (secondary N) is 1. The first kappa shape index (κ1) is 20.4. The number of amides is 2. The van der Waals surface area contributed by atoms with Crippen molar-refractivity contribution < 1.29 is 9.59 Å². The van der Waals surface area contributed by atoms with Crippen molar-refractivity contribution >= 4 is 41.1 Å². The molecule has 0 radical (unpaired) electrons. The van der Waals surface area contributed by atoms with Gasteiger partial charge in [0, 0.05) is 41.7 Å². The van der Waals surface area contributed by atoms with E-state index >= 15 is 0 Å². The molecular formula is C22H22Cl2N2O2. The second-order valence-corrected chi connectivity index (χ2v) is 7.65. The smallest absolute Gasteiger partial charge is 0.246 e. The lowest BCUT2D eigenvalue weighted by molar-refractivity contribution is -0.132. The van der Waals surface area contributed by atoms with E-state index < -0.39 is 0 Å². The van der Waals surface area contributed by atoms with Crippen LogP contribution in [-0.2, 0) is 16.1 Å². The molecule has 146 valence electrons. The molecule has 0 aromatic heterocycles. The van der Waals surface area contributed by atoms with Gasteiger partial charge in [-0.3, -0.25) is 9.59 Å². The van der Waals surface area contributed by atoms with Crippen molar-refractivity contribution in [3.63, 3.8) is 0 Å². The molecule has 2 aromatic carbocycles. The molecule has 3 rings (SSSR count). The van der Waals surface area contributed by atoms with Gasteiger partial charge >= 0.3 is 0 Å². The first-order valence-corrected chi connectivity index (χ1v) is 10.0. The van der Waals surface area contributed by atoms with Crippen LogP contribution in [0.5, 0.6) is 0 Å². The Bertz CT molecular complexity index is 860. The molecule has 1 heterocycles. The van der Waals surface area contributed by atoms with Crippen LogP contribution in [0.2, 0.25) is 10.0 Å². The molecule has 0 unspecified atom stereocenters. The Morgan fingerprint density at radius 1 is 1.07 bits per heavy atom. The largest absolute Gasteiger partial charge is 0.352 e. The van der Waals surface area contributed by atoms with Crippen LogP contribution in [0.15, 0.2) is 54.6 Å². The summed E-state index contributed by atoms with van der Waals surface area (Å²) in [4.78, 5) is 26.5. The van der Waals surface area contributed by atoms with Crippen molar-refractivity contribution in [2.45, 2.75) is 19.4 Å². The van der Waals surface area contributed by atoms with Gasteiger partial charge in [0.15, 0.2) is 0 Å². The van der Waals surface area contributed by atoms with Crippen LogP contribution in [0, 0.1) is 5.92 Å². The van der Waals surface area contributed by atoms with Crippen LogP contribution >= 0.6 is 23.2 Å². The van der Waals surface area contributed by atoms with Gasteiger partial charge in [-0.1, -0.05) is 53.5 Å². The fourth-order valence-corrected chi connectivity index (χ4v) is 3.56. The van der Waals surface area contributed by atoms with Gasteiger partial charge in [0.2, 0.25) is 11.8 Å². The average molecular weight is 417 g/mol. The average Bonchev–Trinajstić information content (AvgIpc) is 2.73. The summed E-state index contributed by atoms with van der Waals surface area (Å²) >= 11 is 12.1. The number of likely N-dealkylation sites (tertiary alicyclic amines) is 1. The molecule has 0 atom stereocenters. The highest BCUT2D eigenvalue weighted by atomic mass is 35.5. The topological polar surface area (TPSA) is 49.4 Å². The second kappa shape index (κ2) is 9.76. The van der Waals surface area contributed by atoms with Gasteiger partial charge in [-0.05, 0) is 48.2 Å². The molecule has 1 fully saturated rings. The van der Waals surface area contributed by atoms with E-state index in [1.165, 1.54) is 6.08 Å². The van der Waals surface area contributed by atoms with Gasteiger partial charge in [-0.25, -0.2) is 0 Å². The molecular weight excluding hydrogens is 395 g/mol. The predicted octanol–water partition coefficient (Wildman–Crippen LogP) is 4.56. The third kappa shape index (κ3) is 5.60. The van der Waals surface area contributed by atoms with E-state index in [0.29, 0.717) is 48.1 Å². The van der Waals surface area contributed by atoms with Crippen molar-refractivity contribution in [3.05, 3.63) is 75.8 Å². The molecule has 1 N–H and O–H groups in total. The lowest BCUT2D eigenvalue weighted by Gasteiger charge is -2.30. The van der Waals surface area contributed by atoms with Crippen molar-refractivity contribution in [1.82, 2.24) is 10.2 Å². The van der Waals surface area contributed by atoms with E-state index in [1.807, 2.05) is 30.3 Å². The monoisotopic (exact) mass is 416 g/mol. The van der Waals surface area contributed by atoms with E-state index in [1.54, 1.807) is 29.2 Å². The number of piperidine rings is 1. The Labute approximate surface area is 175 Å². The molecule has 0 saturated carbocycles. The van der Waals surface area contributed by atoms with Crippen LogP contribution in [0.25, 0.3) is 6.08 Å². The summed E-state index contributed by atoms with van der Waals surface area (Å²) in [6.07, 6.45) is 4.51. The summed E-state index contributed by atoms with van der Waals surface area (Å²) in [5, 5.41) is 4.10. The number of halogens is 2. The van der Waals surface area contributed by atoms with Crippen LogP contribution in [0.4, 0.5) is 0 Å². The zero-order valence-electron chi connectivity index (χ0n) is 15.4. The van der Waals surface area contributed by atoms with Crippen LogP contribution in [0.1, 0.15) is 24.0 Å². The van der Waals surface area contributed by atoms with Crippen molar-refractivity contribution in [3.8, 4) is 0 Å². The second-order valence-electron chi connectivity index (χ2n) is 6.80. The van der Waals surface area contributed by atoms with Gasteiger partial charge < -0.3 is 10.2 Å². The zero-order chi connectivity index (χ0) is 19.9. The van der Waals surface area contributed by atoms with Crippen molar-refractivity contribution in [2.24, 2.45) is 5.92 Å². The highest BCUT2D eigenvalue weighted by Gasteiger charge is 2.26. The molecule has 0 aliphatic carbocycles. The Morgan fingerprint density at radius 3 is 2.50 bits per heavy atom. The van der Waals surface area contributed by atoms with Crippen LogP contribution in [-0.4, -0.2) is 29.8 Å². The molecule has 6 heteroatoms. The number of carbonyl (C=O) groups excluding carboxylic acids is 2. The van der Waals surface area contributed by atoms with E-state index in [-0.39, 0.29) is 17.7 Å². The Kier molecular flexibility index (Phi) is 7.12. The van der Waals surface area contributed by atoms with Gasteiger partial charge in [-0.2, -0.15) is 0 Å². The fraction of sp³-hybridized carbons (Fsp3) is 0.273. The molecule has 1 aliphatic heterocycles. The third-order valence-corrected chi connectivity index (χ3v) is 5.43. The lowest BCUT2D eigenvalue weighted by atomic mass is 9.95. The minimum atomic E-state index is -0.0841. The number of hydrogen-bond donors (Lipinski definition) is 1. The van der Waals surface area contributed by atoms with Gasteiger partial charge in [-0.15, -0.1) is 0 Å². The summed E-state index contributed by atoms with van der Waals surface area (Å²) in [7, 11) is 0. The predicted molar refractivity (Wildman–Crippen MR) is 113 cm³/mol. The number of nitrogens with zero attached hydrogens (tertiary/aromatic N) is 1. The van der Waals surface area contributed by atoms with Gasteiger partial charge in [0.05, 0.1) is 0 Å². The summed E-state index contributed by atoms with van der Waals surface area (Å²) in [5.41, 5.74) is 1.78. The van der Waals surface area contributed by atoms with E-state index in [0.717, 1.165) is 5.56 Å². The molecule has 28 heavy (non-hydrogen) atoms. The molecule has 2 aromatic rings. The maximum Gasteiger partial charge on any atom is 0.246 e. The van der Waals surface area contributed by atoms with E-state index in [2.05, 4.69) is 5.32 Å². The summed E-state index contributed by atoms with van der Waals surface area (Å²) in [6, 6.07) is 15.0. The van der Waals surface area contributed by atoms with Crippen LogP contribution in [0.3, 0.4) is 0 Å². The summed E-state index contributed by atoms with van der Waals surface area (Å²) in [6.45, 7) is 1.66. The molecule has 2 amide bonds. The Balaban J connectivity index is 1.47. The number of benzene rings is 2. The first-order chi connectivity index (χ1) is 13.5. The SMILES string of the molecule is O=C(NCc1ccccc1)C1CCN(C(=O)C=Cc2cc(Cl)ccc2Cl)CC1. The maximum atomic E-state index is 12.4. The Morgan fingerprint density at radius 2 is 1.79 bits per heavy atom. The molecule has 1 aliphatic rings. The number of rotatable bonds is 5. The zero-order valence-corrected chi connectivity index (χ0v) is 16.9. The highest BCUT2D eigenvalue weighted by Crippen LogP contribution is 2.22. The lowest BCUT2D eigenvalue weighted by Crippen LogP contribution is -2.42. The fourth-order valence-electron chi connectivity index (χ4n) is 3.20. The van der Waals surface area contributed by atoms with Crippen molar-refractivity contribution in [1.29, 1.82) is 0 Å². The maximum absolute atomic E-state index is 12.4.